The number of fused-ring (bicyclic) bond motifs is 1. The van der Waals surface area contributed by atoms with Gasteiger partial charge < -0.3 is 9.64 Å². The molecule has 2 aromatic heterocycles. The molecule has 0 radical (unpaired) electrons. The molecule has 0 N–H and O–H groups in total. The maximum absolute atomic E-state index is 12.1. The average molecular weight is 302 g/mol. The molecule has 0 aliphatic carbocycles. The number of nitrogens with zero attached hydrogens (tertiary/aromatic N) is 4. The fraction of sp³-hybridized carbons (Fsp3) is 0.562. The van der Waals surface area contributed by atoms with E-state index in [0.29, 0.717) is 19.1 Å². The molecule has 0 saturated carbocycles. The zero-order chi connectivity index (χ0) is 15.7. The molecule has 1 amide bonds. The van der Waals surface area contributed by atoms with Crippen molar-refractivity contribution in [2.75, 3.05) is 13.1 Å². The number of ether oxygens (including phenoxy) is 1. The summed E-state index contributed by atoms with van der Waals surface area (Å²) in [6.45, 7) is 7.06. The SMILES string of the molecule is CC(C)(C)OC(=O)N1CCC(n2cc3ncccc3n2)CC1. The van der Waals surface area contributed by atoms with E-state index in [1.165, 1.54) is 0 Å². The summed E-state index contributed by atoms with van der Waals surface area (Å²) in [6, 6.07) is 4.17. The number of rotatable bonds is 1. The summed E-state index contributed by atoms with van der Waals surface area (Å²) >= 11 is 0. The third-order valence-corrected chi connectivity index (χ3v) is 3.78. The maximum atomic E-state index is 12.1. The van der Waals surface area contributed by atoms with Crippen molar-refractivity contribution in [1.82, 2.24) is 19.7 Å². The number of hydrogen-bond donors (Lipinski definition) is 0. The molecule has 1 aliphatic heterocycles. The summed E-state index contributed by atoms with van der Waals surface area (Å²) in [7, 11) is 0. The van der Waals surface area contributed by atoms with E-state index >= 15 is 0 Å². The van der Waals surface area contributed by atoms with Crippen molar-refractivity contribution in [1.29, 1.82) is 0 Å². The van der Waals surface area contributed by atoms with Crippen LogP contribution in [-0.2, 0) is 4.74 Å². The summed E-state index contributed by atoms with van der Waals surface area (Å²) in [5.74, 6) is 0. The van der Waals surface area contributed by atoms with E-state index in [1.807, 2.05) is 43.8 Å². The minimum atomic E-state index is -0.445. The van der Waals surface area contributed by atoms with Crippen LogP contribution in [-0.4, -0.2) is 44.4 Å². The second-order valence-corrected chi connectivity index (χ2v) is 6.72. The Bertz CT molecular complexity index is 633. The summed E-state index contributed by atoms with van der Waals surface area (Å²) in [4.78, 5) is 18.2. The summed E-state index contributed by atoms with van der Waals surface area (Å²) in [6.07, 6.45) is 5.31. The van der Waals surface area contributed by atoms with Crippen LogP contribution in [0.15, 0.2) is 24.5 Å². The van der Waals surface area contributed by atoms with Crippen LogP contribution in [0.1, 0.15) is 39.7 Å². The van der Waals surface area contributed by atoms with Crippen molar-refractivity contribution in [3.05, 3.63) is 24.5 Å². The van der Waals surface area contributed by atoms with Gasteiger partial charge in [-0.3, -0.25) is 9.67 Å². The van der Waals surface area contributed by atoms with Gasteiger partial charge in [-0.05, 0) is 45.7 Å². The minimum Gasteiger partial charge on any atom is -0.444 e. The largest absolute Gasteiger partial charge is 0.444 e. The second-order valence-electron chi connectivity index (χ2n) is 6.72. The van der Waals surface area contributed by atoms with Crippen LogP contribution in [0.2, 0.25) is 0 Å². The number of aromatic nitrogens is 3. The van der Waals surface area contributed by atoms with Crippen molar-refractivity contribution in [3.8, 4) is 0 Å². The molecule has 0 aromatic carbocycles. The summed E-state index contributed by atoms with van der Waals surface area (Å²) in [5.41, 5.74) is 1.38. The monoisotopic (exact) mass is 302 g/mol. The first-order valence-electron chi connectivity index (χ1n) is 7.70. The van der Waals surface area contributed by atoms with Gasteiger partial charge in [0.1, 0.15) is 16.6 Å². The van der Waals surface area contributed by atoms with Gasteiger partial charge in [-0.25, -0.2) is 4.79 Å². The van der Waals surface area contributed by atoms with Gasteiger partial charge in [0.25, 0.3) is 0 Å². The van der Waals surface area contributed by atoms with Gasteiger partial charge in [0.15, 0.2) is 0 Å². The lowest BCUT2D eigenvalue weighted by atomic mass is 10.1. The Kier molecular flexibility index (Phi) is 3.76. The molecule has 0 spiro atoms. The highest BCUT2D eigenvalue weighted by atomic mass is 16.6. The number of carbonyl (C=O) groups excluding carboxylic acids is 1. The molecule has 1 aliphatic rings. The molecule has 1 saturated heterocycles. The zero-order valence-corrected chi connectivity index (χ0v) is 13.3. The maximum Gasteiger partial charge on any atom is 0.410 e. The molecule has 22 heavy (non-hydrogen) atoms. The molecule has 118 valence electrons. The molecule has 1 fully saturated rings. The van der Waals surface area contributed by atoms with Crippen molar-refractivity contribution >= 4 is 17.1 Å². The fourth-order valence-corrected chi connectivity index (χ4v) is 2.70. The van der Waals surface area contributed by atoms with Crippen LogP contribution >= 0.6 is 0 Å². The molecule has 0 atom stereocenters. The van der Waals surface area contributed by atoms with Crippen LogP contribution in [0.4, 0.5) is 4.79 Å². The van der Waals surface area contributed by atoms with Crippen molar-refractivity contribution in [3.63, 3.8) is 0 Å². The van der Waals surface area contributed by atoms with Crippen LogP contribution in [0.25, 0.3) is 11.0 Å². The lowest BCUT2D eigenvalue weighted by Crippen LogP contribution is -2.42. The lowest BCUT2D eigenvalue weighted by Gasteiger charge is -2.33. The van der Waals surface area contributed by atoms with E-state index in [2.05, 4.69) is 10.1 Å². The molecule has 0 unspecified atom stereocenters. The molecular formula is C16H22N4O2. The number of amides is 1. The normalized spacial score (nSPS) is 17.0. The highest BCUT2D eigenvalue weighted by Crippen LogP contribution is 2.24. The Morgan fingerprint density at radius 2 is 2.00 bits per heavy atom. The van der Waals surface area contributed by atoms with E-state index < -0.39 is 5.60 Å². The molecule has 2 aromatic rings. The Hall–Kier alpha value is -2.11. The third kappa shape index (κ3) is 3.21. The zero-order valence-electron chi connectivity index (χ0n) is 13.3. The first-order valence-corrected chi connectivity index (χ1v) is 7.70. The van der Waals surface area contributed by atoms with Gasteiger partial charge in [-0.15, -0.1) is 0 Å². The number of piperidine rings is 1. The first-order chi connectivity index (χ1) is 10.4. The Labute approximate surface area is 130 Å². The van der Waals surface area contributed by atoms with E-state index in [9.17, 15) is 4.79 Å². The molecule has 6 nitrogen and oxygen atoms in total. The van der Waals surface area contributed by atoms with Gasteiger partial charge in [-0.1, -0.05) is 0 Å². The van der Waals surface area contributed by atoms with Crippen LogP contribution in [0.5, 0.6) is 0 Å². The standard InChI is InChI=1S/C16H22N4O2/c1-16(2,3)22-15(21)19-9-6-12(7-10-19)20-11-14-13(18-20)5-4-8-17-14/h4-5,8,11-12H,6-7,9-10H2,1-3H3. The fourth-order valence-electron chi connectivity index (χ4n) is 2.70. The number of carbonyl (C=O) groups is 1. The molecule has 3 heterocycles. The summed E-state index contributed by atoms with van der Waals surface area (Å²) < 4.78 is 7.41. The number of pyridine rings is 1. The smallest absolute Gasteiger partial charge is 0.410 e. The molecule has 0 bridgehead atoms. The number of likely N-dealkylation sites (tertiary alicyclic amines) is 1. The van der Waals surface area contributed by atoms with Crippen molar-refractivity contribution in [2.24, 2.45) is 0 Å². The topological polar surface area (TPSA) is 60.2 Å². The second kappa shape index (κ2) is 5.59. The highest BCUT2D eigenvalue weighted by Gasteiger charge is 2.27. The minimum absolute atomic E-state index is 0.224. The Balaban J connectivity index is 1.63. The van der Waals surface area contributed by atoms with Crippen LogP contribution in [0.3, 0.4) is 0 Å². The van der Waals surface area contributed by atoms with Crippen molar-refractivity contribution < 1.29 is 9.53 Å². The van der Waals surface area contributed by atoms with Gasteiger partial charge >= 0.3 is 6.09 Å². The Morgan fingerprint density at radius 1 is 1.27 bits per heavy atom. The lowest BCUT2D eigenvalue weighted by molar-refractivity contribution is 0.0185. The van der Waals surface area contributed by atoms with E-state index in [0.717, 1.165) is 23.9 Å². The molecule has 3 rings (SSSR count). The van der Waals surface area contributed by atoms with Gasteiger partial charge in [0.2, 0.25) is 0 Å². The van der Waals surface area contributed by atoms with Crippen LogP contribution in [0, 0.1) is 0 Å². The number of hydrogen-bond acceptors (Lipinski definition) is 4. The summed E-state index contributed by atoms with van der Waals surface area (Å²) in [5, 5.41) is 4.59. The predicted octanol–water partition coefficient (Wildman–Crippen LogP) is 3.00. The first kappa shape index (κ1) is 14.8. The van der Waals surface area contributed by atoms with E-state index in [1.54, 1.807) is 11.1 Å². The average Bonchev–Trinajstić information content (AvgIpc) is 2.89. The molecular weight excluding hydrogens is 280 g/mol. The highest BCUT2D eigenvalue weighted by molar-refractivity contribution is 5.72. The molecule has 6 heteroatoms. The van der Waals surface area contributed by atoms with Crippen molar-refractivity contribution in [2.45, 2.75) is 45.3 Å². The quantitative estimate of drug-likeness (QED) is 0.812. The van der Waals surface area contributed by atoms with E-state index in [4.69, 9.17) is 4.74 Å². The van der Waals surface area contributed by atoms with Gasteiger partial charge in [-0.2, -0.15) is 5.10 Å². The Morgan fingerprint density at radius 3 is 2.64 bits per heavy atom. The van der Waals surface area contributed by atoms with E-state index in [-0.39, 0.29) is 6.09 Å². The van der Waals surface area contributed by atoms with Crippen LogP contribution < -0.4 is 0 Å². The predicted molar refractivity (Wildman–Crippen MR) is 83.6 cm³/mol. The third-order valence-electron chi connectivity index (χ3n) is 3.78. The van der Waals surface area contributed by atoms with Gasteiger partial charge in [0, 0.05) is 19.3 Å². The van der Waals surface area contributed by atoms with Gasteiger partial charge in [0.05, 0.1) is 12.2 Å².